The van der Waals surface area contributed by atoms with Gasteiger partial charge in [0.15, 0.2) is 5.78 Å². The Morgan fingerprint density at radius 3 is 2.37 bits per heavy atom. The largest absolute Gasteiger partial charge is 0.496 e. The molecule has 0 heterocycles. The van der Waals surface area contributed by atoms with Crippen molar-refractivity contribution < 1.29 is 14.3 Å². The summed E-state index contributed by atoms with van der Waals surface area (Å²) >= 11 is 5.94. The molecular weight excluding hydrogens is 264 g/mol. The van der Waals surface area contributed by atoms with Crippen LogP contribution in [0.3, 0.4) is 0 Å². The number of hydrogen-bond acceptors (Lipinski definition) is 3. The van der Waals surface area contributed by atoms with E-state index in [1.165, 1.54) is 14.2 Å². The molecule has 0 unspecified atom stereocenters. The topological polar surface area (TPSA) is 35.5 Å². The Bertz CT molecular complexity index is 608. The Morgan fingerprint density at radius 1 is 1.00 bits per heavy atom. The second-order valence-electron chi connectivity index (χ2n) is 3.88. The van der Waals surface area contributed by atoms with E-state index in [1.54, 1.807) is 36.4 Å². The highest BCUT2D eigenvalue weighted by atomic mass is 35.5. The van der Waals surface area contributed by atoms with Crippen LogP contribution < -0.4 is 9.47 Å². The molecule has 0 radical (unpaired) electrons. The molecule has 0 aliphatic rings. The van der Waals surface area contributed by atoms with Crippen molar-refractivity contribution in [2.24, 2.45) is 0 Å². The van der Waals surface area contributed by atoms with Crippen LogP contribution in [0.25, 0.3) is 0 Å². The standard InChI is InChI=1S/C15H13ClO3/c1-18-13-6-4-3-5-11(13)15(17)10-7-8-12(16)14(9-10)19-2/h3-9H,1-2H3. The molecule has 0 aromatic heterocycles. The van der Waals surface area contributed by atoms with Gasteiger partial charge in [-0.3, -0.25) is 4.79 Å². The van der Waals surface area contributed by atoms with Gasteiger partial charge in [0.1, 0.15) is 11.5 Å². The molecule has 0 amide bonds. The highest BCUT2D eigenvalue weighted by Gasteiger charge is 2.15. The number of benzene rings is 2. The maximum atomic E-state index is 12.4. The summed E-state index contributed by atoms with van der Waals surface area (Å²) in [5, 5.41) is 0.471. The van der Waals surface area contributed by atoms with Crippen LogP contribution in [0.4, 0.5) is 0 Å². The van der Waals surface area contributed by atoms with Crippen LogP contribution in [0.15, 0.2) is 42.5 Å². The Kier molecular flexibility index (Phi) is 4.07. The summed E-state index contributed by atoms with van der Waals surface area (Å²) in [7, 11) is 3.05. The van der Waals surface area contributed by atoms with Gasteiger partial charge in [0.25, 0.3) is 0 Å². The Labute approximate surface area is 116 Å². The lowest BCUT2D eigenvalue weighted by Gasteiger charge is -2.09. The highest BCUT2D eigenvalue weighted by Crippen LogP contribution is 2.28. The fourth-order valence-corrected chi connectivity index (χ4v) is 1.98. The summed E-state index contributed by atoms with van der Waals surface area (Å²) in [6, 6.07) is 12.0. The van der Waals surface area contributed by atoms with E-state index >= 15 is 0 Å². The van der Waals surface area contributed by atoms with Crippen LogP contribution in [0, 0.1) is 0 Å². The smallest absolute Gasteiger partial charge is 0.196 e. The van der Waals surface area contributed by atoms with Crippen LogP contribution in [0.5, 0.6) is 11.5 Å². The maximum absolute atomic E-state index is 12.4. The summed E-state index contributed by atoms with van der Waals surface area (Å²) < 4.78 is 10.3. The normalized spacial score (nSPS) is 10.1. The molecule has 0 bridgehead atoms. The lowest BCUT2D eigenvalue weighted by atomic mass is 10.0. The predicted octanol–water partition coefficient (Wildman–Crippen LogP) is 3.59. The van der Waals surface area contributed by atoms with E-state index in [4.69, 9.17) is 21.1 Å². The van der Waals surface area contributed by atoms with E-state index in [0.717, 1.165) is 0 Å². The van der Waals surface area contributed by atoms with Crippen molar-refractivity contribution in [1.82, 2.24) is 0 Å². The van der Waals surface area contributed by atoms with E-state index in [1.807, 2.05) is 6.07 Å². The molecule has 0 aliphatic heterocycles. The summed E-state index contributed by atoms with van der Waals surface area (Å²) in [5.41, 5.74) is 1.01. The molecule has 0 saturated heterocycles. The second-order valence-corrected chi connectivity index (χ2v) is 4.29. The van der Waals surface area contributed by atoms with E-state index in [9.17, 15) is 4.79 Å². The molecule has 19 heavy (non-hydrogen) atoms. The number of ketones is 1. The van der Waals surface area contributed by atoms with Gasteiger partial charge in [-0.15, -0.1) is 0 Å². The molecule has 0 aliphatic carbocycles. The zero-order valence-electron chi connectivity index (χ0n) is 10.6. The van der Waals surface area contributed by atoms with Crippen molar-refractivity contribution >= 4 is 17.4 Å². The third kappa shape index (κ3) is 2.71. The zero-order chi connectivity index (χ0) is 13.8. The average Bonchev–Trinajstić information content (AvgIpc) is 2.47. The van der Waals surface area contributed by atoms with Crippen LogP contribution >= 0.6 is 11.6 Å². The minimum Gasteiger partial charge on any atom is -0.496 e. The minimum absolute atomic E-state index is 0.132. The van der Waals surface area contributed by atoms with Crippen LogP contribution in [-0.2, 0) is 0 Å². The SMILES string of the molecule is COc1cc(C(=O)c2ccccc2OC)ccc1Cl. The van der Waals surface area contributed by atoms with Gasteiger partial charge in [-0.25, -0.2) is 0 Å². The van der Waals surface area contributed by atoms with Gasteiger partial charge in [0.2, 0.25) is 0 Å². The lowest BCUT2D eigenvalue weighted by Crippen LogP contribution is -2.04. The quantitative estimate of drug-likeness (QED) is 0.801. The summed E-state index contributed by atoms with van der Waals surface area (Å²) in [4.78, 5) is 12.4. The number of halogens is 1. The molecule has 0 fully saturated rings. The van der Waals surface area contributed by atoms with E-state index in [0.29, 0.717) is 27.6 Å². The summed E-state index contributed by atoms with van der Waals surface area (Å²) in [6.45, 7) is 0. The van der Waals surface area contributed by atoms with Crippen molar-refractivity contribution in [2.75, 3.05) is 14.2 Å². The minimum atomic E-state index is -0.132. The van der Waals surface area contributed by atoms with E-state index in [-0.39, 0.29) is 5.78 Å². The van der Waals surface area contributed by atoms with Gasteiger partial charge < -0.3 is 9.47 Å². The first kappa shape index (κ1) is 13.4. The van der Waals surface area contributed by atoms with Gasteiger partial charge in [-0.1, -0.05) is 23.7 Å². The van der Waals surface area contributed by atoms with Crippen molar-refractivity contribution in [1.29, 1.82) is 0 Å². The van der Waals surface area contributed by atoms with Gasteiger partial charge in [-0.05, 0) is 30.3 Å². The summed E-state index contributed by atoms with van der Waals surface area (Å²) in [6.07, 6.45) is 0. The van der Waals surface area contributed by atoms with Crippen LogP contribution in [-0.4, -0.2) is 20.0 Å². The number of carbonyl (C=O) groups excluding carboxylic acids is 1. The van der Waals surface area contributed by atoms with Gasteiger partial charge in [0.05, 0.1) is 24.8 Å². The molecule has 0 atom stereocenters. The van der Waals surface area contributed by atoms with Crippen LogP contribution in [0.1, 0.15) is 15.9 Å². The number of rotatable bonds is 4. The molecule has 0 saturated carbocycles. The lowest BCUT2D eigenvalue weighted by molar-refractivity contribution is 0.103. The number of para-hydroxylation sites is 1. The molecule has 0 N–H and O–H groups in total. The van der Waals surface area contributed by atoms with Crippen molar-refractivity contribution in [3.8, 4) is 11.5 Å². The molecule has 3 nitrogen and oxygen atoms in total. The van der Waals surface area contributed by atoms with Crippen LogP contribution in [0.2, 0.25) is 5.02 Å². The summed E-state index contributed by atoms with van der Waals surface area (Å²) in [5.74, 6) is 0.885. The maximum Gasteiger partial charge on any atom is 0.196 e. The highest BCUT2D eigenvalue weighted by molar-refractivity contribution is 6.32. The van der Waals surface area contributed by atoms with Gasteiger partial charge in [-0.2, -0.15) is 0 Å². The molecule has 0 spiro atoms. The number of hydrogen-bond donors (Lipinski definition) is 0. The molecule has 2 rings (SSSR count). The monoisotopic (exact) mass is 276 g/mol. The first-order chi connectivity index (χ1) is 9.17. The molecule has 4 heteroatoms. The Balaban J connectivity index is 2.44. The number of ether oxygens (including phenoxy) is 2. The van der Waals surface area contributed by atoms with E-state index < -0.39 is 0 Å². The van der Waals surface area contributed by atoms with Gasteiger partial charge in [0, 0.05) is 5.56 Å². The molecular formula is C15H13ClO3. The Morgan fingerprint density at radius 2 is 1.68 bits per heavy atom. The fourth-order valence-electron chi connectivity index (χ4n) is 1.79. The second kappa shape index (κ2) is 5.76. The van der Waals surface area contributed by atoms with Crippen molar-refractivity contribution in [2.45, 2.75) is 0 Å². The average molecular weight is 277 g/mol. The van der Waals surface area contributed by atoms with Gasteiger partial charge >= 0.3 is 0 Å². The number of methoxy groups -OCH3 is 2. The molecule has 2 aromatic carbocycles. The van der Waals surface area contributed by atoms with Crippen molar-refractivity contribution in [3.63, 3.8) is 0 Å². The van der Waals surface area contributed by atoms with Crippen molar-refractivity contribution in [3.05, 3.63) is 58.6 Å². The molecule has 2 aromatic rings. The third-order valence-electron chi connectivity index (χ3n) is 2.76. The fraction of sp³-hybridized carbons (Fsp3) is 0.133. The zero-order valence-corrected chi connectivity index (χ0v) is 11.4. The first-order valence-electron chi connectivity index (χ1n) is 5.68. The first-order valence-corrected chi connectivity index (χ1v) is 6.06. The predicted molar refractivity (Wildman–Crippen MR) is 74.4 cm³/mol. The molecule has 98 valence electrons. The van der Waals surface area contributed by atoms with E-state index in [2.05, 4.69) is 0 Å². The Hall–Kier alpha value is -2.00. The number of carbonyl (C=O) groups is 1. The third-order valence-corrected chi connectivity index (χ3v) is 3.08.